The van der Waals surface area contributed by atoms with E-state index in [9.17, 15) is 41.3 Å². The highest BCUT2D eigenvalue weighted by Crippen LogP contribution is 2.41. The van der Waals surface area contributed by atoms with Crippen molar-refractivity contribution >= 4 is 11.4 Å². The smallest absolute Gasteiger partial charge is 0.267 e. The summed E-state index contributed by atoms with van der Waals surface area (Å²) in [5, 5.41) is 12.7. The van der Waals surface area contributed by atoms with E-state index in [1.165, 1.54) is 0 Å². The molecule has 0 saturated heterocycles. The summed E-state index contributed by atoms with van der Waals surface area (Å²) >= 11 is 0. The van der Waals surface area contributed by atoms with Crippen molar-refractivity contribution in [2.75, 3.05) is 5.01 Å². The molecule has 0 aliphatic heterocycles. The van der Waals surface area contributed by atoms with Gasteiger partial charge >= 0.3 is 12.4 Å². The normalized spacial score (nSPS) is 12.0. The van der Waals surface area contributed by atoms with E-state index in [0.29, 0.717) is 28.2 Å². The van der Waals surface area contributed by atoms with E-state index in [1.54, 1.807) is 31.2 Å². The van der Waals surface area contributed by atoms with Gasteiger partial charge in [-0.1, -0.05) is 24.3 Å². The van der Waals surface area contributed by atoms with Crippen LogP contribution in [0.1, 0.15) is 27.9 Å². The molecule has 0 spiro atoms. The van der Waals surface area contributed by atoms with Crippen molar-refractivity contribution < 1.29 is 31.3 Å². The first-order valence-corrected chi connectivity index (χ1v) is 9.55. The molecular formula is C21H16F6N4O3. The standard InChI is InChI=1S/C21H16F6N4O3/c1-12-5-3-4-6-14(12)10-29(30-11-28-17(9-18(30)32)21(25,26)27)16-8-7-15(20(22,23)24)13(2)19(16)31(33)34/h3-9,11H,10H2,1-2H3. The monoisotopic (exact) mass is 486 g/mol. The summed E-state index contributed by atoms with van der Waals surface area (Å²) in [6.07, 6.45) is -9.28. The third kappa shape index (κ3) is 4.87. The molecule has 0 fully saturated rings. The molecule has 0 saturated carbocycles. The van der Waals surface area contributed by atoms with Gasteiger partial charge in [0.25, 0.3) is 11.2 Å². The maximum absolute atomic E-state index is 13.4. The van der Waals surface area contributed by atoms with E-state index in [1.807, 2.05) is 0 Å². The maximum atomic E-state index is 13.4. The van der Waals surface area contributed by atoms with Crippen LogP contribution in [0.3, 0.4) is 0 Å². The summed E-state index contributed by atoms with van der Waals surface area (Å²) in [6, 6.07) is 8.23. The molecule has 180 valence electrons. The molecule has 0 radical (unpaired) electrons. The van der Waals surface area contributed by atoms with Gasteiger partial charge < -0.3 is 0 Å². The minimum Gasteiger partial charge on any atom is -0.267 e. The lowest BCUT2D eigenvalue weighted by Crippen LogP contribution is -2.39. The van der Waals surface area contributed by atoms with E-state index in [4.69, 9.17) is 0 Å². The van der Waals surface area contributed by atoms with Crippen LogP contribution in [0.4, 0.5) is 37.7 Å². The lowest BCUT2D eigenvalue weighted by Gasteiger charge is -2.27. The number of alkyl halides is 6. The lowest BCUT2D eigenvalue weighted by molar-refractivity contribution is -0.384. The van der Waals surface area contributed by atoms with Crippen LogP contribution in [0.25, 0.3) is 0 Å². The topological polar surface area (TPSA) is 81.3 Å². The van der Waals surface area contributed by atoms with E-state index in [-0.39, 0.29) is 12.6 Å². The fourth-order valence-electron chi connectivity index (χ4n) is 3.39. The van der Waals surface area contributed by atoms with Crippen molar-refractivity contribution in [1.82, 2.24) is 9.66 Å². The quantitative estimate of drug-likeness (QED) is 0.279. The van der Waals surface area contributed by atoms with Crippen LogP contribution in [0.15, 0.2) is 53.6 Å². The molecule has 1 heterocycles. The molecule has 0 N–H and O–H groups in total. The second kappa shape index (κ2) is 8.80. The lowest BCUT2D eigenvalue weighted by atomic mass is 10.0. The van der Waals surface area contributed by atoms with Crippen LogP contribution in [0.2, 0.25) is 0 Å². The molecule has 0 atom stereocenters. The Morgan fingerprint density at radius 1 is 1.03 bits per heavy atom. The maximum Gasteiger partial charge on any atom is 0.433 e. The van der Waals surface area contributed by atoms with Crippen molar-refractivity contribution in [3.63, 3.8) is 0 Å². The largest absolute Gasteiger partial charge is 0.433 e. The Balaban J connectivity index is 2.30. The molecule has 7 nitrogen and oxygen atoms in total. The third-order valence-corrected chi connectivity index (χ3v) is 5.10. The highest BCUT2D eigenvalue weighted by Gasteiger charge is 2.38. The van der Waals surface area contributed by atoms with Crippen molar-refractivity contribution in [2.24, 2.45) is 0 Å². The molecule has 0 unspecified atom stereocenters. The van der Waals surface area contributed by atoms with Crippen molar-refractivity contribution in [2.45, 2.75) is 32.7 Å². The van der Waals surface area contributed by atoms with Gasteiger partial charge in [-0.05, 0) is 37.1 Å². The molecule has 3 rings (SSSR count). The van der Waals surface area contributed by atoms with Crippen molar-refractivity contribution in [1.29, 1.82) is 0 Å². The van der Waals surface area contributed by atoms with Crippen LogP contribution >= 0.6 is 0 Å². The first-order valence-electron chi connectivity index (χ1n) is 9.55. The summed E-state index contributed by atoms with van der Waals surface area (Å²) in [6.45, 7) is 2.31. The fourth-order valence-corrected chi connectivity index (χ4v) is 3.39. The number of anilines is 1. The van der Waals surface area contributed by atoms with E-state index in [0.717, 1.165) is 18.0 Å². The summed E-state index contributed by atoms with van der Waals surface area (Å²) in [5.41, 5.74) is -4.87. The van der Waals surface area contributed by atoms with Gasteiger partial charge in [-0.15, -0.1) is 0 Å². The zero-order valence-corrected chi connectivity index (χ0v) is 17.6. The molecule has 34 heavy (non-hydrogen) atoms. The molecule has 0 aliphatic rings. The molecule has 3 aromatic rings. The van der Waals surface area contributed by atoms with Crippen LogP contribution in [0, 0.1) is 24.0 Å². The Morgan fingerprint density at radius 3 is 2.21 bits per heavy atom. The third-order valence-electron chi connectivity index (χ3n) is 5.10. The van der Waals surface area contributed by atoms with Crippen LogP contribution in [-0.2, 0) is 18.9 Å². The van der Waals surface area contributed by atoms with Crippen molar-refractivity contribution in [3.8, 4) is 0 Å². The average molecular weight is 486 g/mol. The highest BCUT2D eigenvalue weighted by molar-refractivity contribution is 5.69. The Kier molecular flexibility index (Phi) is 6.40. The molecule has 2 aromatic carbocycles. The van der Waals surface area contributed by atoms with Crippen LogP contribution in [-0.4, -0.2) is 14.6 Å². The first kappa shape index (κ1) is 24.7. The van der Waals surface area contributed by atoms with Gasteiger partial charge in [0.15, 0.2) is 5.69 Å². The van der Waals surface area contributed by atoms with Crippen molar-refractivity contribution in [3.05, 3.63) is 97.2 Å². The molecule has 0 aliphatic carbocycles. The number of nitrogens with zero attached hydrogens (tertiary/aromatic N) is 4. The van der Waals surface area contributed by atoms with E-state index >= 15 is 0 Å². The second-order valence-corrected chi connectivity index (χ2v) is 7.30. The first-order chi connectivity index (χ1) is 15.7. The van der Waals surface area contributed by atoms with E-state index in [2.05, 4.69) is 4.98 Å². The number of nitro benzene ring substituents is 1. The highest BCUT2D eigenvalue weighted by atomic mass is 19.4. The average Bonchev–Trinajstić information content (AvgIpc) is 2.71. The minimum absolute atomic E-state index is 0.202. The molecule has 0 bridgehead atoms. The predicted octanol–water partition coefficient (Wildman–Crippen LogP) is 5.28. The number of aryl methyl sites for hydroxylation is 1. The number of aromatic nitrogens is 2. The minimum atomic E-state index is -4.92. The Morgan fingerprint density at radius 2 is 1.68 bits per heavy atom. The molecule has 0 amide bonds. The molecule has 13 heteroatoms. The zero-order chi connectivity index (χ0) is 25.4. The number of hydrogen-bond donors (Lipinski definition) is 0. The Labute approximate surface area is 188 Å². The SMILES string of the molecule is Cc1ccccc1CN(c1ccc(C(F)(F)F)c(C)c1[N+](=O)[O-])n1cnc(C(F)(F)F)cc1=O. The van der Waals surface area contributed by atoms with Gasteiger partial charge in [0.05, 0.1) is 17.0 Å². The summed E-state index contributed by atoms with van der Waals surface area (Å²) < 4.78 is 79.6. The van der Waals surface area contributed by atoms with Crippen LogP contribution < -0.4 is 10.6 Å². The summed E-state index contributed by atoms with van der Waals surface area (Å²) in [4.78, 5) is 26.6. The van der Waals surface area contributed by atoms with Gasteiger partial charge in [-0.2, -0.15) is 26.3 Å². The Bertz CT molecular complexity index is 1300. The number of nitro groups is 1. The predicted molar refractivity (Wildman–Crippen MR) is 109 cm³/mol. The number of benzene rings is 2. The summed E-state index contributed by atoms with van der Waals surface area (Å²) in [7, 11) is 0. The van der Waals surface area contributed by atoms with Gasteiger partial charge in [0, 0.05) is 11.6 Å². The fraction of sp³-hybridized carbons (Fsp3) is 0.238. The number of hydrogen-bond acceptors (Lipinski definition) is 5. The van der Waals surface area contributed by atoms with Gasteiger partial charge in [-0.25, -0.2) is 9.66 Å². The molecular weight excluding hydrogens is 470 g/mol. The van der Waals surface area contributed by atoms with Gasteiger partial charge in [-0.3, -0.25) is 19.9 Å². The number of halogens is 6. The van der Waals surface area contributed by atoms with Gasteiger partial charge in [0.1, 0.15) is 12.0 Å². The second-order valence-electron chi connectivity index (χ2n) is 7.30. The van der Waals surface area contributed by atoms with Crippen LogP contribution in [0.5, 0.6) is 0 Å². The Hall–Kier alpha value is -3.90. The molecule has 1 aromatic heterocycles. The summed E-state index contributed by atoms with van der Waals surface area (Å²) in [5.74, 6) is 0. The zero-order valence-electron chi connectivity index (χ0n) is 17.6. The van der Waals surface area contributed by atoms with E-state index < -0.39 is 51.0 Å². The number of rotatable bonds is 5. The van der Waals surface area contributed by atoms with Gasteiger partial charge in [0.2, 0.25) is 0 Å².